The van der Waals surface area contributed by atoms with E-state index in [1.165, 1.54) is 11.5 Å². The van der Waals surface area contributed by atoms with Crippen LogP contribution in [-0.4, -0.2) is 23.6 Å². The smallest absolute Gasteiger partial charge is 0.142 e. The topological polar surface area (TPSA) is 60.2 Å². The first-order chi connectivity index (χ1) is 6.61. The monoisotopic (exact) mass is 215 g/mol. The highest BCUT2D eigenvalue weighted by molar-refractivity contribution is 7.10. The Kier molecular flexibility index (Phi) is 4.16. The number of nitrogens with zero attached hydrogens (tertiary/aromatic N) is 1. The molecule has 3 N–H and O–H groups in total. The predicted octanol–water partition coefficient (Wildman–Crippen LogP) is 1.87. The molecule has 0 amide bonds. The van der Waals surface area contributed by atoms with Crippen molar-refractivity contribution in [2.75, 3.05) is 24.2 Å². The highest BCUT2D eigenvalue weighted by Crippen LogP contribution is 2.24. The van der Waals surface area contributed by atoms with Crippen LogP contribution < -0.4 is 11.1 Å². The Morgan fingerprint density at radius 2 is 2.29 bits per heavy atom. The van der Waals surface area contributed by atoms with Gasteiger partial charge in [0.2, 0.25) is 0 Å². The summed E-state index contributed by atoms with van der Waals surface area (Å²) in [7, 11) is 0. The van der Waals surface area contributed by atoms with Crippen LogP contribution in [0.2, 0.25) is 0 Å². The van der Waals surface area contributed by atoms with Gasteiger partial charge in [-0.3, -0.25) is 0 Å². The summed E-state index contributed by atoms with van der Waals surface area (Å²) in [4.78, 5) is 0. The van der Waals surface area contributed by atoms with Gasteiger partial charge in [-0.25, -0.2) is 0 Å². The summed E-state index contributed by atoms with van der Waals surface area (Å²) in [6.07, 6.45) is 0.282. The summed E-state index contributed by atoms with van der Waals surface area (Å²) in [6.45, 7) is 7.51. The molecule has 1 aromatic rings. The van der Waals surface area contributed by atoms with Crippen molar-refractivity contribution in [2.24, 2.45) is 0 Å². The van der Waals surface area contributed by atoms with Gasteiger partial charge in [0.25, 0.3) is 0 Å². The van der Waals surface area contributed by atoms with E-state index in [1.807, 2.05) is 20.8 Å². The Bertz CT molecular complexity index is 286. The Labute approximate surface area is 88.6 Å². The average molecular weight is 215 g/mol. The van der Waals surface area contributed by atoms with E-state index in [4.69, 9.17) is 10.5 Å². The molecule has 0 atom stereocenters. The number of ether oxygens (including phenoxy) is 1. The van der Waals surface area contributed by atoms with Crippen LogP contribution >= 0.6 is 11.5 Å². The number of anilines is 2. The predicted molar refractivity (Wildman–Crippen MR) is 60.8 cm³/mol. The van der Waals surface area contributed by atoms with Crippen molar-refractivity contribution in [1.29, 1.82) is 0 Å². The van der Waals surface area contributed by atoms with Crippen molar-refractivity contribution in [3.05, 3.63) is 5.56 Å². The Morgan fingerprint density at radius 3 is 2.79 bits per heavy atom. The molecule has 0 aliphatic rings. The van der Waals surface area contributed by atoms with E-state index >= 15 is 0 Å². The van der Waals surface area contributed by atoms with E-state index < -0.39 is 0 Å². The third kappa shape index (κ3) is 3.16. The number of nitrogens with one attached hydrogen (secondary N) is 1. The summed E-state index contributed by atoms with van der Waals surface area (Å²) < 4.78 is 9.45. The van der Waals surface area contributed by atoms with Gasteiger partial charge in [0.1, 0.15) is 10.8 Å². The van der Waals surface area contributed by atoms with E-state index in [9.17, 15) is 0 Å². The number of aromatic nitrogens is 1. The lowest BCUT2D eigenvalue weighted by molar-refractivity contribution is 0.0871. The standard InChI is InChI=1S/C9H17N3OS/c1-6(2)13-5-4-11-9-7(3)8(10)12-14-9/h6,11H,4-5H2,1-3H3,(H2,10,12). The van der Waals surface area contributed by atoms with Gasteiger partial charge in [0, 0.05) is 12.1 Å². The second-order valence-corrected chi connectivity index (χ2v) is 4.14. The largest absolute Gasteiger partial charge is 0.383 e. The zero-order valence-electron chi connectivity index (χ0n) is 8.83. The SMILES string of the molecule is Cc1c(N)nsc1NCCOC(C)C. The minimum Gasteiger partial charge on any atom is -0.383 e. The molecule has 80 valence electrons. The zero-order chi connectivity index (χ0) is 10.6. The molecule has 5 heteroatoms. The van der Waals surface area contributed by atoms with Gasteiger partial charge in [0.05, 0.1) is 12.7 Å². The molecule has 0 aliphatic carbocycles. The van der Waals surface area contributed by atoms with Crippen molar-refractivity contribution < 1.29 is 4.74 Å². The minimum absolute atomic E-state index is 0.282. The molecule has 1 aromatic heterocycles. The first-order valence-electron chi connectivity index (χ1n) is 4.68. The number of hydrogen-bond acceptors (Lipinski definition) is 5. The Morgan fingerprint density at radius 1 is 1.57 bits per heavy atom. The molecule has 0 aliphatic heterocycles. The van der Waals surface area contributed by atoms with Crippen LogP contribution in [0.25, 0.3) is 0 Å². The van der Waals surface area contributed by atoms with E-state index in [0.29, 0.717) is 12.4 Å². The van der Waals surface area contributed by atoms with Gasteiger partial charge in [-0.2, -0.15) is 4.37 Å². The summed E-state index contributed by atoms with van der Waals surface area (Å²) >= 11 is 1.39. The van der Waals surface area contributed by atoms with Crippen LogP contribution in [0.3, 0.4) is 0 Å². The van der Waals surface area contributed by atoms with Crippen LogP contribution in [0.5, 0.6) is 0 Å². The quantitative estimate of drug-likeness (QED) is 0.736. The van der Waals surface area contributed by atoms with Crippen molar-refractivity contribution in [3.63, 3.8) is 0 Å². The number of nitrogens with two attached hydrogens (primary N) is 1. The lowest BCUT2D eigenvalue weighted by Gasteiger charge is -2.08. The molecule has 0 unspecified atom stereocenters. The van der Waals surface area contributed by atoms with Gasteiger partial charge >= 0.3 is 0 Å². The van der Waals surface area contributed by atoms with E-state index in [-0.39, 0.29) is 6.10 Å². The zero-order valence-corrected chi connectivity index (χ0v) is 9.65. The Balaban J connectivity index is 2.28. The fraction of sp³-hybridized carbons (Fsp3) is 0.667. The van der Waals surface area contributed by atoms with Gasteiger partial charge in [-0.15, -0.1) is 0 Å². The average Bonchev–Trinajstić information content (AvgIpc) is 2.43. The molecule has 0 bridgehead atoms. The van der Waals surface area contributed by atoms with Crippen molar-refractivity contribution in [3.8, 4) is 0 Å². The summed E-state index contributed by atoms with van der Waals surface area (Å²) in [5, 5.41) is 4.28. The third-order valence-corrected chi connectivity index (χ3v) is 2.72. The molecule has 0 saturated heterocycles. The minimum atomic E-state index is 0.282. The van der Waals surface area contributed by atoms with Crippen LogP contribution in [0, 0.1) is 6.92 Å². The lowest BCUT2D eigenvalue weighted by atomic mass is 10.3. The highest BCUT2D eigenvalue weighted by atomic mass is 32.1. The van der Waals surface area contributed by atoms with Gasteiger partial charge in [0.15, 0.2) is 0 Å². The highest BCUT2D eigenvalue weighted by Gasteiger charge is 2.05. The molecule has 0 aromatic carbocycles. The van der Waals surface area contributed by atoms with Crippen LogP contribution in [0.15, 0.2) is 0 Å². The Hall–Kier alpha value is -0.810. The number of nitrogen functional groups attached to an aromatic ring is 1. The molecule has 0 fully saturated rings. The van der Waals surface area contributed by atoms with E-state index in [0.717, 1.165) is 17.1 Å². The molecule has 0 saturated carbocycles. The van der Waals surface area contributed by atoms with Gasteiger partial charge < -0.3 is 15.8 Å². The summed E-state index contributed by atoms with van der Waals surface area (Å²) in [5.41, 5.74) is 6.65. The van der Waals surface area contributed by atoms with Crippen molar-refractivity contribution in [1.82, 2.24) is 4.37 Å². The molecular formula is C9H17N3OS. The normalized spacial score (nSPS) is 10.9. The van der Waals surface area contributed by atoms with Crippen molar-refractivity contribution >= 4 is 22.4 Å². The molecule has 1 rings (SSSR count). The first-order valence-corrected chi connectivity index (χ1v) is 5.46. The second-order valence-electron chi connectivity index (χ2n) is 3.37. The van der Waals surface area contributed by atoms with Crippen LogP contribution in [0.1, 0.15) is 19.4 Å². The summed E-state index contributed by atoms with van der Waals surface area (Å²) in [6, 6.07) is 0. The summed E-state index contributed by atoms with van der Waals surface area (Å²) in [5.74, 6) is 0.613. The number of hydrogen-bond donors (Lipinski definition) is 2. The first kappa shape index (κ1) is 11.3. The van der Waals surface area contributed by atoms with E-state index in [1.54, 1.807) is 0 Å². The van der Waals surface area contributed by atoms with Gasteiger partial charge in [-0.1, -0.05) is 0 Å². The lowest BCUT2D eigenvalue weighted by Crippen LogP contribution is -2.12. The molecule has 4 nitrogen and oxygen atoms in total. The molecule has 14 heavy (non-hydrogen) atoms. The fourth-order valence-electron chi connectivity index (χ4n) is 0.972. The fourth-order valence-corrected chi connectivity index (χ4v) is 1.71. The molecule has 0 radical (unpaired) electrons. The van der Waals surface area contributed by atoms with Gasteiger partial charge in [-0.05, 0) is 32.3 Å². The number of rotatable bonds is 5. The van der Waals surface area contributed by atoms with Crippen LogP contribution in [-0.2, 0) is 4.74 Å². The maximum absolute atomic E-state index is 5.62. The van der Waals surface area contributed by atoms with Crippen LogP contribution in [0.4, 0.5) is 10.8 Å². The maximum Gasteiger partial charge on any atom is 0.142 e. The van der Waals surface area contributed by atoms with Crippen molar-refractivity contribution in [2.45, 2.75) is 26.9 Å². The molecular weight excluding hydrogens is 198 g/mol. The maximum atomic E-state index is 5.62. The molecule has 0 spiro atoms. The molecule has 1 heterocycles. The third-order valence-electron chi connectivity index (χ3n) is 1.80. The second kappa shape index (κ2) is 5.17. The van der Waals surface area contributed by atoms with E-state index in [2.05, 4.69) is 9.69 Å².